The van der Waals surface area contributed by atoms with E-state index in [1.165, 1.54) is 0 Å². The third-order valence-corrected chi connectivity index (χ3v) is 4.76. The number of carbonyl (C=O) groups excluding carboxylic acids is 1. The maximum Gasteiger partial charge on any atom is 0.329 e. The van der Waals surface area contributed by atoms with E-state index in [0.717, 1.165) is 34.6 Å². The van der Waals surface area contributed by atoms with Crippen molar-refractivity contribution in [2.24, 2.45) is 0 Å². The van der Waals surface area contributed by atoms with E-state index >= 15 is 0 Å². The normalized spacial score (nSPS) is 17.8. The lowest BCUT2D eigenvalue weighted by Gasteiger charge is -2.29. The van der Waals surface area contributed by atoms with Gasteiger partial charge in [0.15, 0.2) is 0 Å². The Bertz CT molecular complexity index is 532. The Kier molecular flexibility index (Phi) is 5.43. The first-order chi connectivity index (χ1) is 9.93. The smallest absolute Gasteiger partial charge is 0.329 e. The number of carboxylic acid groups (broad SMARTS) is 1. The zero-order chi connectivity index (χ0) is 15.5. The summed E-state index contributed by atoms with van der Waals surface area (Å²) in [5, 5.41) is 12.3. The molecule has 114 valence electrons. The zero-order valence-corrected chi connectivity index (χ0v) is 14.7. The summed E-state index contributed by atoms with van der Waals surface area (Å²) in [7, 11) is 0. The summed E-state index contributed by atoms with van der Waals surface area (Å²) in [5.41, 5.74) is -0.691. The van der Waals surface area contributed by atoms with Crippen LogP contribution in [0.25, 0.3) is 0 Å². The molecule has 0 radical (unpaired) electrons. The van der Waals surface area contributed by atoms with Crippen LogP contribution in [0.5, 0.6) is 0 Å². The molecule has 0 heterocycles. The standard InChI is InChI=1S/C15H17Br2NO3/c16-11-7-10(8-12(17)9-11)13(19)18-15(14(20)21)5-3-1-2-4-6-15/h7-9H,1-6H2,(H,18,19)(H,20,21). The molecular formula is C15H17Br2NO3. The van der Waals surface area contributed by atoms with Crippen LogP contribution in [0.3, 0.4) is 0 Å². The van der Waals surface area contributed by atoms with E-state index in [4.69, 9.17) is 0 Å². The molecule has 1 fully saturated rings. The van der Waals surface area contributed by atoms with E-state index in [-0.39, 0.29) is 5.91 Å². The Balaban J connectivity index is 2.23. The number of hydrogen-bond donors (Lipinski definition) is 2. The topological polar surface area (TPSA) is 66.4 Å². The summed E-state index contributed by atoms with van der Waals surface area (Å²) in [6, 6.07) is 5.20. The van der Waals surface area contributed by atoms with Gasteiger partial charge in [0.25, 0.3) is 5.91 Å². The van der Waals surface area contributed by atoms with Crippen LogP contribution in [-0.2, 0) is 4.79 Å². The molecule has 0 atom stereocenters. The third kappa shape index (κ3) is 4.07. The minimum Gasteiger partial charge on any atom is -0.480 e. The van der Waals surface area contributed by atoms with Crippen molar-refractivity contribution in [2.45, 2.75) is 44.1 Å². The number of benzene rings is 1. The average molecular weight is 419 g/mol. The molecule has 6 heteroatoms. The van der Waals surface area contributed by atoms with E-state index in [1.807, 2.05) is 6.07 Å². The number of rotatable bonds is 3. The predicted octanol–water partition coefficient (Wildman–Crippen LogP) is 4.12. The van der Waals surface area contributed by atoms with E-state index in [9.17, 15) is 14.7 Å². The highest BCUT2D eigenvalue weighted by Gasteiger charge is 2.40. The van der Waals surface area contributed by atoms with Crippen LogP contribution >= 0.6 is 31.9 Å². The Hall–Kier alpha value is -0.880. The minimum absolute atomic E-state index is 0.346. The summed E-state index contributed by atoms with van der Waals surface area (Å²) < 4.78 is 1.54. The first-order valence-corrected chi connectivity index (χ1v) is 8.53. The van der Waals surface area contributed by atoms with Gasteiger partial charge in [0, 0.05) is 14.5 Å². The van der Waals surface area contributed by atoms with Gasteiger partial charge in [0.1, 0.15) is 5.54 Å². The van der Waals surface area contributed by atoms with E-state index in [1.54, 1.807) is 12.1 Å². The van der Waals surface area contributed by atoms with Crippen LogP contribution in [0.2, 0.25) is 0 Å². The van der Waals surface area contributed by atoms with Gasteiger partial charge < -0.3 is 10.4 Å². The van der Waals surface area contributed by atoms with Gasteiger partial charge in [0.2, 0.25) is 0 Å². The molecule has 0 saturated heterocycles. The summed E-state index contributed by atoms with van der Waals surface area (Å²) in [4.78, 5) is 24.1. The van der Waals surface area contributed by atoms with Crippen LogP contribution in [0, 0.1) is 0 Å². The highest BCUT2D eigenvalue weighted by Crippen LogP contribution is 2.28. The van der Waals surface area contributed by atoms with Gasteiger partial charge in [-0.1, -0.05) is 57.5 Å². The van der Waals surface area contributed by atoms with Crippen LogP contribution in [0.1, 0.15) is 48.9 Å². The molecule has 0 aromatic heterocycles. The Morgan fingerprint density at radius 3 is 2.00 bits per heavy atom. The molecule has 0 bridgehead atoms. The third-order valence-electron chi connectivity index (χ3n) is 3.84. The number of carbonyl (C=O) groups is 2. The largest absolute Gasteiger partial charge is 0.480 e. The monoisotopic (exact) mass is 417 g/mol. The van der Waals surface area contributed by atoms with Crippen LogP contribution < -0.4 is 5.32 Å². The van der Waals surface area contributed by atoms with Gasteiger partial charge in [-0.25, -0.2) is 4.79 Å². The van der Waals surface area contributed by atoms with Crippen LogP contribution in [0.4, 0.5) is 0 Å². The molecule has 0 unspecified atom stereocenters. The SMILES string of the molecule is O=C(NC1(C(=O)O)CCCCCC1)c1cc(Br)cc(Br)c1. The van der Waals surface area contributed by atoms with Gasteiger partial charge in [-0.3, -0.25) is 4.79 Å². The molecule has 1 aromatic carbocycles. The average Bonchev–Trinajstić information content (AvgIpc) is 2.64. The Morgan fingerprint density at radius 2 is 1.52 bits per heavy atom. The lowest BCUT2D eigenvalue weighted by Crippen LogP contribution is -2.54. The number of aliphatic carboxylic acids is 1. The molecule has 2 N–H and O–H groups in total. The molecule has 1 saturated carbocycles. The number of halogens is 2. The van der Waals surface area contributed by atoms with Crippen molar-refractivity contribution in [3.63, 3.8) is 0 Å². The zero-order valence-electron chi connectivity index (χ0n) is 11.5. The van der Waals surface area contributed by atoms with Crippen molar-refractivity contribution in [2.75, 3.05) is 0 Å². The van der Waals surface area contributed by atoms with Crippen molar-refractivity contribution in [3.05, 3.63) is 32.7 Å². The maximum atomic E-state index is 12.4. The number of carboxylic acids is 1. The highest BCUT2D eigenvalue weighted by atomic mass is 79.9. The number of amides is 1. The molecule has 2 rings (SSSR count). The summed E-state index contributed by atoms with van der Waals surface area (Å²) in [6.07, 6.45) is 4.68. The van der Waals surface area contributed by atoms with Crippen molar-refractivity contribution in [1.29, 1.82) is 0 Å². The van der Waals surface area contributed by atoms with E-state index in [0.29, 0.717) is 18.4 Å². The predicted molar refractivity (Wildman–Crippen MR) is 87.4 cm³/mol. The second kappa shape index (κ2) is 6.92. The fourth-order valence-corrected chi connectivity index (χ4v) is 3.99. The molecule has 1 aliphatic carbocycles. The van der Waals surface area contributed by atoms with Crippen molar-refractivity contribution in [3.8, 4) is 0 Å². The maximum absolute atomic E-state index is 12.4. The molecular weight excluding hydrogens is 402 g/mol. The number of hydrogen-bond acceptors (Lipinski definition) is 2. The Morgan fingerprint density at radius 1 is 1.00 bits per heavy atom. The van der Waals surface area contributed by atoms with Gasteiger partial charge in [-0.05, 0) is 31.0 Å². The Labute approximate surface area is 140 Å². The summed E-state index contributed by atoms with van der Waals surface area (Å²) in [6.45, 7) is 0. The van der Waals surface area contributed by atoms with E-state index < -0.39 is 11.5 Å². The first-order valence-electron chi connectivity index (χ1n) is 6.95. The molecule has 4 nitrogen and oxygen atoms in total. The minimum atomic E-state index is -1.14. The summed E-state index contributed by atoms with van der Waals surface area (Å²) in [5.74, 6) is -1.28. The van der Waals surface area contributed by atoms with Crippen molar-refractivity contribution < 1.29 is 14.7 Å². The summed E-state index contributed by atoms with van der Waals surface area (Å²) >= 11 is 6.67. The molecule has 1 aliphatic rings. The first kappa shape index (κ1) is 16.5. The van der Waals surface area contributed by atoms with Gasteiger partial charge >= 0.3 is 5.97 Å². The fraction of sp³-hybridized carbons (Fsp3) is 0.467. The van der Waals surface area contributed by atoms with Gasteiger partial charge in [-0.15, -0.1) is 0 Å². The van der Waals surface area contributed by atoms with Crippen molar-refractivity contribution in [1.82, 2.24) is 5.32 Å². The lowest BCUT2D eigenvalue weighted by atomic mass is 9.90. The van der Waals surface area contributed by atoms with E-state index in [2.05, 4.69) is 37.2 Å². The second-order valence-corrected chi connectivity index (χ2v) is 7.25. The van der Waals surface area contributed by atoms with Crippen molar-refractivity contribution >= 4 is 43.7 Å². The van der Waals surface area contributed by atoms with Gasteiger partial charge in [0.05, 0.1) is 0 Å². The van der Waals surface area contributed by atoms with Gasteiger partial charge in [-0.2, -0.15) is 0 Å². The molecule has 0 spiro atoms. The highest BCUT2D eigenvalue weighted by molar-refractivity contribution is 9.11. The quantitative estimate of drug-likeness (QED) is 0.725. The van der Waals surface area contributed by atoms with Crippen LogP contribution in [-0.4, -0.2) is 22.5 Å². The lowest BCUT2D eigenvalue weighted by molar-refractivity contribution is -0.145. The van der Waals surface area contributed by atoms with Crippen LogP contribution in [0.15, 0.2) is 27.1 Å². The number of nitrogens with one attached hydrogen (secondary N) is 1. The second-order valence-electron chi connectivity index (χ2n) is 5.41. The fourth-order valence-electron chi connectivity index (χ4n) is 2.70. The molecule has 1 aromatic rings. The molecule has 1 amide bonds. The molecule has 21 heavy (non-hydrogen) atoms. The molecule has 0 aliphatic heterocycles.